The number of carbonyl (C=O) groups excluding carboxylic acids is 1. The zero-order valence-corrected chi connectivity index (χ0v) is 15.5. The van der Waals surface area contributed by atoms with Gasteiger partial charge >= 0.3 is 0 Å². The molecule has 1 fully saturated rings. The number of hydrogen-bond acceptors (Lipinski definition) is 3. The molecule has 0 radical (unpaired) electrons. The lowest BCUT2D eigenvalue weighted by Gasteiger charge is -2.33. The lowest BCUT2D eigenvalue weighted by atomic mass is 10.2. The van der Waals surface area contributed by atoms with Gasteiger partial charge in [-0.05, 0) is 24.3 Å². The average Bonchev–Trinajstić information content (AvgIpc) is 3.11. The largest absolute Gasteiger partial charge is 0.351 e. The van der Waals surface area contributed by atoms with Gasteiger partial charge in [-0.15, -0.1) is 0 Å². The molecule has 9 heteroatoms. The smallest absolute Gasteiger partial charge is 0.270 e. The second-order valence-electron chi connectivity index (χ2n) is 6.52. The molecule has 1 N–H and O–H groups in total. The van der Waals surface area contributed by atoms with Gasteiger partial charge in [-0.2, -0.15) is 4.31 Å². The van der Waals surface area contributed by atoms with Crippen molar-refractivity contribution in [3.63, 3.8) is 0 Å². The number of nitrogens with one attached hydrogen (secondary N) is 1. The van der Waals surface area contributed by atoms with Gasteiger partial charge in [0, 0.05) is 37.1 Å². The first-order valence-corrected chi connectivity index (χ1v) is 10.1. The molecule has 6 nitrogen and oxygen atoms in total. The van der Waals surface area contributed by atoms with Crippen LogP contribution in [0.4, 0.5) is 8.78 Å². The number of aromatic nitrogens is 1. The van der Waals surface area contributed by atoms with Crippen molar-refractivity contribution >= 4 is 26.8 Å². The Morgan fingerprint density at radius 2 is 1.57 bits per heavy atom. The average molecular weight is 405 g/mol. The number of sulfonamides is 1. The van der Waals surface area contributed by atoms with Crippen LogP contribution < -0.4 is 0 Å². The normalized spacial score (nSPS) is 15.9. The molecule has 2 aromatic carbocycles. The van der Waals surface area contributed by atoms with Crippen LogP contribution in [0.5, 0.6) is 0 Å². The molecule has 2 heterocycles. The summed E-state index contributed by atoms with van der Waals surface area (Å²) in [6.45, 7) is 0.178. The first kappa shape index (κ1) is 18.6. The predicted molar refractivity (Wildman–Crippen MR) is 99.3 cm³/mol. The minimum absolute atomic E-state index is 0.0396. The Morgan fingerprint density at radius 1 is 0.929 bits per heavy atom. The highest BCUT2D eigenvalue weighted by molar-refractivity contribution is 7.89. The van der Waals surface area contributed by atoms with Gasteiger partial charge in [0.2, 0.25) is 10.0 Å². The molecule has 0 bridgehead atoms. The van der Waals surface area contributed by atoms with E-state index in [1.807, 2.05) is 24.3 Å². The van der Waals surface area contributed by atoms with Crippen LogP contribution in [-0.2, 0) is 10.0 Å². The minimum atomic E-state index is -4.32. The molecule has 4 rings (SSSR count). The summed E-state index contributed by atoms with van der Waals surface area (Å²) in [6, 6.07) is 12.2. The van der Waals surface area contributed by atoms with E-state index in [0.29, 0.717) is 5.69 Å². The summed E-state index contributed by atoms with van der Waals surface area (Å²) in [5.74, 6) is -2.50. The predicted octanol–water partition coefficient (Wildman–Crippen LogP) is 2.59. The molecular formula is C19H17F2N3O3S. The molecule has 0 unspecified atom stereocenters. The summed E-state index contributed by atoms with van der Waals surface area (Å²) in [6.07, 6.45) is 0. The van der Waals surface area contributed by atoms with Gasteiger partial charge in [-0.3, -0.25) is 4.79 Å². The fourth-order valence-corrected chi connectivity index (χ4v) is 4.88. The third-order valence-electron chi connectivity index (χ3n) is 4.80. The highest BCUT2D eigenvalue weighted by Crippen LogP contribution is 2.24. The number of piperazine rings is 1. The number of aromatic amines is 1. The van der Waals surface area contributed by atoms with Crippen LogP contribution in [0.3, 0.4) is 0 Å². The molecule has 1 aliphatic rings. The van der Waals surface area contributed by atoms with Crippen molar-refractivity contribution in [2.75, 3.05) is 26.2 Å². The molecule has 1 amide bonds. The highest BCUT2D eigenvalue weighted by Gasteiger charge is 2.34. The standard InChI is InChI=1S/C19H17F2N3O3S/c20-14-5-3-6-15(21)18(14)28(26,27)24-10-8-23(9-11-24)19(25)17-12-13-4-1-2-7-16(13)22-17/h1-7,12,22H,8-11H2. The topological polar surface area (TPSA) is 73.5 Å². The number of benzene rings is 2. The van der Waals surface area contributed by atoms with Crippen molar-refractivity contribution in [3.8, 4) is 0 Å². The maximum absolute atomic E-state index is 13.9. The molecule has 0 saturated carbocycles. The van der Waals surface area contributed by atoms with E-state index in [0.717, 1.165) is 33.4 Å². The SMILES string of the molecule is O=C(c1cc2ccccc2[nH]1)N1CCN(S(=O)(=O)c2c(F)cccc2F)CC1. The van der Waals surface area contributed by atoms with Crippen molar-refractivity contribution in [2.45, 2.75) is 4.90 Å². The molecule has 146 valence electrons. The summed E-state index contributed by atoms with van der Waals surface area (Å²) >= 11 is 0. The van der Waals surface area contributed by atoms with Crippen molar-refractivity contribution in [3.05, 3.63) is 65.9 Å². The number of carbonyl (C=O) groups is 1. The van der Waals surface area contributed by atoms with E-state index in [1.165, 1.54) is 4.90 Å². The Balaban J connectivity index is 1.50. The van der Waals surface area contributed by atoms with Crippen LogP contribution in [-0.4, -0.2) is 54.7 Å². The molecule has 1 aliphatic heterocycles. The number of para-hydroxylation sites is 1. The summed E-state index contributed by atoms with van der Waals surface area (Å²) in [4.78, 5) is 16.3. The van der Waals surface area contributed by atoms with Crippen LogP contribution in [0, 0.1) is 11.6 Å². The third-order valence-corrected chi connectivity index (χ3v) is 6.75. The summed E-state index contributed by atoms with van der Waals surface area (Å²) in [5, 5.41) is 0.905. The van der Waals surface area contributed by atoms with Crippen molar-refractivity contribution < 1.29 is 22.0 Å². The number of amides is 1. The number of rotatable bonds is 3. The summed E-state index contributed by atoms with van der Waals surface area (Å²) in [7, 11) is -4.32. The fourth-order valence-electron chi connectivity index (χ4n) is 3.35. The molecule has 3 aromatic rings. The van der Waals surface area contributed by atoms with Gasteiger partial charge in [0.25, 0.3) is 5.91 Å². The Morgan fingerprint density at radius 3 is 2.21 bits per heavy atom. The van der Waals surface area contributed by atoms with Crippen LogP contribution in [0.25, 0.3) is 10.9 Å². The number of fused-ring (bicyclic) bond motifs is 1. The van der Waals surface area contributed by atoms with Crippen LogP contribution in [0.2, 0.25) is 0 Å². The Kier molecular flexibility index (Phi) is 4.64. The fraction of sp³-hybridized carbons (Fsp3) is 0.211. The number of hydrogen-bond donors (Lipinski definition) is 1. The minimum Gasteiger partial charge on any atom is -0.351 e. The molecule has 1 saturated heterocycles. The van der Waals surface area contributed by atoms with Crippen LogP contribution in [0.1, 0.15) is 10.5 Å². The second-order valence-corrected chi connectivity index (χ2v) is 8.39. The Hall–Kier alpha value is -2.78. The highest BCUT2D eigenvalue weighted by atomic mass is 32.2. The summed E-state index contributed by atoms with van der Waals surface area (Å²) < 4.78 is 54.1. The summed E-state index contributed by atoms with van der Waals surface area (Å²) in [5.41, 5.74) is 1.25. The lowest BCUT2D eigenvalue weighted by molar-refractivity contribution is 0.0692. The molecule has 0 spiro atoms. The van der Waals surface area contributed by atoms with Gasteiger partial charge in [0.05, 0.1) is 0 Å². The second kappa shape index (κ2) is 6.99. The van der Waals surface area contributed by atoms with E-state index >= 15 is 0 Å². The van der Waals surface area contributed by atoms with E-state index in [4.69, 9.17) is 0 Å². The van der Waals surface area contributed by atoms with E-state index in [9.17, 15) is 22.0 Å². The monoisotopic (exact) mass is 405 g/mol. The van der Waals surface area contributed by atoms with E-state index in [2.05, 4.69) is 4.98 Å². The Bertz CT molecular complexity index is 1100. The van der Waals surface area contributed by atoms with E-state index < -0.39 is 26.6 Å². The quantitative estimate of drug-likeness (QED) is 0.728. The first-order chi connectivity index (χ1) is 13.4. The van der Waals surface area contributed by atoms with Gasteiger partial charge in [-0.1, -0.05) is 24.3 Å². The van der Waals surface area contributed by atoms with Gasteiger partial charge in [0.15, 0.2) is 4.90 Å². The molecule has 28 heavy (non-hydrogen) atoms. The maximum Gasteiger partial charge on any atom is 0.270 e. The molecule has 1 aromatic heterocycles. The van der Waals surface area contributed by atoms with Crippen molar-refractivity contribution in [1.82, 2.24) is 14.2 Å². The van der Waals surface area contributed by atoms with Crippen molar-refractivity contribution in [1.29, 1.82) is 0 Å². The van der Waals surface area contributed by atoms with Gasteiger partial charge in [0.1, 0.15) is 17.3 Å². The molecule has 0 aliphatic carbocycles. The molecular weight excluding hydrogens is 388 g/mol. The molecule has 0 atom stereocenters. The van der Waals surface area contributed by atoms with Gasteiger partial charge < -0.3 is 9.88 Å². The number of nitrogens with zero attached hydrogens (tertiary/aromatic N) is 2. The number of halogens is 2. The number of H-pyrrole nitrogens is 1. The third kappa shape index (κ3) is 3.16. The van der Waals surface area contributed by atoms with Crippen LogP contribution >= 0.6 is 0 Å². The van der Waals surface area contributed by atoms with Gasteiger partial charge in [-0.25, -0.2) is 17.2 Å². The van der Waals surface area contributed by atoms with Crippen LogP contribution in [0.15, 0.2) is 53.4 Å². The van der Waals surface area contributed by atoms with E-state index in [1.54, 1.807) is 6.07 Å². The zero-order chi connectivity index (χ0) is 19.9. The lowest BCUT2D eigenvalue weighted by Crippen LogP contribution is -2.50. The Labute approximate surface area is 160 Å². The first-order valence-electron chi connectivity index (χ1n) is 8.69. The van der Waals surface area contributed by atoms with E-state index in [-0.39, 0.29) is 32.1 Å². The zero-order valence-electron chi connectivity index (χ0n) is 14.7. The maximum atomic E-state index is 13.9. The van der Waals surface area contributed by atoms with Crippen molar-refractivity contribution in [2.24, 2.45) is 0 Å².